The Labute approximate surface area is 155 Å². The minimum absolute atomic E-state index is 0.0977. The average Bonchev–Trinajstić information content (AvgIpc) is 3.04. The zero-order valence-electron chi connectivity index (χ0n) is 14.8. The van der Waals surface area contributed by atoms with Gasteiger partial charge >= 0.3 is 0 Å². The van der Waals surface area contributed by atoms with Gasteiger partial charge in [0.1, 0.15) is 5.82 Å². The molecule has 0 bridgehead atoms. The van der Waals surface area contributed by atoms with Gasteiger partial charge in [-0.2, -0.15) is 15.0 Å². The van der Waals surface area contributed by atoms with Crippen molar-refractivity contribution in [2.45, 2.75) is 19.3 Å². The molecule has 1 unspecified atom stereocenters. The molecule has 8 heteroatoms. The molecule has 2 aromatic heterocycles. The predicted molar refractivity (Wildman–Crippen MR) is 96.7 cm³/mol. The smallest absolute Gasteiger partial charge is 0.233 e. The van der Waals surface area contributed by atoms with Gasteiger partial charge in [-0.3, -0.25) is 4.79 Å². The summed E-state index contributed by atoms with van der Waals surface area (Å²) in [5, 5.41) is 24.6. The molecule has 0 saturated carbocycles. The largest absolute Gasteiger partial charge is 0.480 e. The maximum atomic E-state index is 12.4. The van der Waals surface area contributed by atoms with Crippen LogP contribution in [0.25, 0.3) is 5.82 Å². The number of amides is 1. The van der Waals surface area contributed by atoms with Crippen molar-refractivity contribution >= 4 is 11.7 Å². The van der Waals surface area contributed by atoms with Crippen LogP contribution in [0.3, 0.4) is 0 Å². The van der Waals surface area contributed by atoms with E-state index in [1.165, 1.54) is 7.11 Å². The quantitative estimate of drug-likeness (QED) is 0.768. The third-order valence-electron chi connectivity index (χ3n) is 4.60. The lowest BCUT2D eigenvalue weighted by Crippen LogP contribution is -2.25. The third kappa shape index (κ3) is 2.89. The van der Waals surface area contributed by atoms with E-state index in [-0.39, 0.29) is 11.8 Å². The van der Waals surface area contributed by atoms with Crippen LogP contribution in [-0.2, 0) is 4.79 Å². The molecule has 1 aromatic carbocycles. The first-order valence-electron chi connectivity index (χ1n) is 8.38. The van der Waals surface area contributed by atoms with E-state index in [9.17, 15) is 4.79 Å². The average molecular weight is 360 g/mol. The van der Waals surface area contributed by atoms with E-state index >= 15 is 0 Å². The van der Waals surface area contributed by atoms with Gasteiger partial charge in [-0.25, -0.2) is 0 Å². The Kier molecular flexibility index (Phi) is 4.05. The monoisotopic (exact) mass is 360 g/mol. The first kappa shape index (κ1) is 16.7. The van der Waals surface area contributed by atoms with Crippen LogP contribution in [0.15, 0.2) is 36.4 Å². The molecular formula is C19H16N6O2. The van der Waals surface area contributed by atoms with Crippen molar-refractivity contribution in [3.05, 3.63) is 58.8 Å². The number of anilines is 1. The van der Waals surface area contributed by atoms with Crippen molar-refractivity contribution < 1.29 is 9.53 Å². The first-order chi connectivity index (χ1) is 13.1. The molecule has 1 aliphatic rings. The number of carbonyl (C=O) groups excluding carboxylic acids is 1. The fourth-order valence-corrected chi connectivity index (χ4v) is 3.32. The van der Waals surface area contributed by atoms with E-state index in [4.69, 9.17) is 10.00 Å². The van der Waals surface area contributed by atoms with Gasteiger partial charge in [0, 0.05) is 24.0 Å². The SMILES string of the molecule is COc1ccc(-n2nc(C)c3c2NC(=O)CC3c2ccc(C#N)cc2)nn1. The highest BCUT2D eigenvalue weighted by Crippen LogP contribution is 2.40. The van der Waals surface area contributed by atoms with E-state index in [1.54, 1.807) is 28.9 Å². The Morgan fingerprint density at radius 3 is 2.63 bits per heavy atom. The number of methoxy groups -OCH3 is 1. The lowest BCUT2D eigenvalue weighted by molar-refractivity contribution is -0.116. The number of aryl methyl sites for hydroxylation is 1. The number of fused-ring (bicyclic) bond motifs is 1. The highest BCUT2D eigenvalue weighted by Gasteiger charge is 2.32. The Balaban J connectivity index is 1.81. The summed E-state index contributed by atoms with van der Waals surface area (Å²) in [6.07, 6.45) is 0.319. The molecule has 134 valence electrons. The topological polar surface area (TPSA) is 106 Å². The van der Waals surface area contributed by atoms with Gasteiger partial charge in [0.05, 0.1) is 24.4 Å². The summed E-state index contributed by atoms with van der Waals surface area (Å²) < 4.78 is 6.63. The molecule has 4 rings (SSSR count). The zero-order chi connectivity index (χ0) is 19.0. The number of nitriles is 1. The second-order valence-corrected chi connectivity index (χ2v) is 6.23. The van der Waals surface area contributed by atoms with Gasteiger partial charge < -0.3 is 10.1 Å². The Morgan fingerprint density at radius 2 is 2.00 bits per heavy atom. The van der Waals surface area contributed by atoms with Gasteiger partial charge in [0.15, 0.2) is 5.82 Å². The maximum Gasteiger partial charge on any atom is 0.233 e. The molecule has 27 heavy (non-hydrogen) atoms. The summed E-state index contributed by atoms with van der Waals surface area (Å²) >= 11 is 0. The molecule has 0 fully saturated rings. The van der Waals surface area contributed by atoms with Gasteiger partial charge in [0.25, 0.3) is 0 Å². The van der Waals surface area contributed by atoms with E-state index in [2.05, 4.69) is 26.7 Å². The van der Waals surface area contributed by atoms with Crippen LogP contribution in [0.5, 0.6) is 5.88 Å². The summed E-state index contributed by atoms with van der Waals surface area (Å²) in [7, 11) is 1.52. The molecule has 3 heterocycles. The molecular weight excluding hydrogens is 344 g/mol. The van der Waals surface area contributed by atoms with Crippen LogP contribution in [0.4, 0.5) is 5.82 Å². The Hall–Kier alpha value is -3.73. The molecule has 0 radical (unpaired) electrons. The predicted octanol–water partition coefficient (Wildman–Crippen LogP) is 2.33. The summed E-state index contributed by atoms with van der Waals surface area (Å²) in [4.78, 5) is 12.4. The van der Waals surface area contributed by atoms with Crippen LogP contribution in [0.2, 0.25) is 0 Å². The van der Waals surface area contributed by atoms with Crippen molar-refractivity contribution in [1.82, 2.24) is 20.0 Å². The highest BCUT2D eigenvalue weighted by atomic mass is 16.5. The van der Waals surface area contributed by atoms with Crippen LogP contribution >= 0.6 is 0 Å². The molecule has 3 aromatic rings. The number of benzene rings is 1. The minimum Gasteiger partial charge on any atom is -0.480 e. The van der Waals surface area contributed by atoms with Crippen molar-refractivity contribution in [3.8, 4) is 17.8 Å². The van der Waals surface area contributed by atoms with Crippen molar-refractivity contribution in [2.75, 3.05) is 12.4 Å². The maximum absolute atomic E-state index is 12.4. The number of nitrogens with one attached hydrogen (secondary N) is 1. The van der Waals surface area contributed by atoms with Gasteiger partial charge in [-0.05, 0) is 30.7 Å². The fraction of sp³-hybridized carbons (Fsp3) is 0.211. The number of hydrogen-bond acceptors (Lipinski definition) is 6. The van der Waals surface area contributed by atoms with E-state index in [0.717, 1.165) is 16.8 Å². The second-order valence-electron chi connectivity index (χ2n) is 6.23. The third-order valence-corrected chi connectivity index (χ3v) is 4.60. The van der Waals surface area contributed by atoms with E-state index in [0.29, 0.717) is 29.5 Å². The highest BCUT2D eigenvalue weighted by molar-refractivity contribution is 5.95. The van der Waals surface area contributed by atoms with Crippen molar-refractivity contribution in [3.63, 3.8) is 0 Å². The minimum atomic E-state index is -0.138. The van der Waals surface area contributed by atoms with Crippen LogP contribution in [0, 0.1) is 18.3 Å². The number of ether oxygens (including phenoxy) is 1. The molecule has 0 spiro atoms. The van der Waals surface area contributed by atoms with Gasteiger partial charge in [0.2, 0.25) is 11.8 Å². The first-order valence-corrected chi connectivity index (χ1v) is 8.38. The van der Waals surface area contributed by atoms with Crippen LogP contribution in [-0.4, -0.2) is 33.0 Å². The van der Waals surface area contributed by atoms with E-state index < -0.39 is 0 Å². The van der Waals surface area contributed by atoms with Crippen LogP contribution in [0.1, 0.15) is 34.7 Å². The number of aromatic nitrogens is 4. The molecule has 0 saturated heterocycles. The van der Waals surface area contributed by atoms with Crippen molar-refractivity contribution in [1.29, 1.82) is 5.26 Å². The summed E-state index contributed by atoms with van der Waals surface area (Å²) in [6.45, 7) is 1.90. The number of hydrogen-bond donors (Lipinski definition) is 1. The summed E-state index contributed by atoms with van der Waals surface area (Å²) in [5.74, 6) is 1.25. The van der Waals surface area contributed by atoms with E-state index in [1.807, 2.05) is 19.1 Å². The van der Waals surface area contributed by atoms with Gasteiger partial charge in [-0.15, -0.1) is 10.2 Å². The van der Waals surface area contributed by atoms with Crippen LogP contribution < -0.4 is 10.1 Å². The summed E-state index contributed by atoms with van der Waals surface area (Å²) in [6, 6.07) is 12.8. The molecule has 0 aliphatic carbocycles. The normalized spacial score (nSPS) is 15.6. The molecule has 1 amide bonds. The second kappa shape index (κ2) is 6.53. The van der Waals surface area contributed by atoms with Gasteiger partial charge in [-0.1, -0.05) is 12.1 Å². The molecule has 8 nitrogen and oxygen atoms in total. The summed E-state index contributed by atoms with van der Waals surface area (Å²) in [5.41, 5.74) is 3.29. The zero-order valence-corrected chi connectivity index (χ0v) is 14.8. The fourth-order valence-electron chi connectivity index (χ4n) is 3.32. The number of rotatable bonds is 3. The number of nitrogens with zero attached hydrogens (tertiary/aromatic N) is 5. The lowest BCUT2D eigenvalue weighted by Gasteiger charge is -2.24. The Morgan fingerprint density at radius 1 is 1.22 bits per heavy atom. The van der Waals surface area contributed by atoms with Crippen molar-refractivity contribution in [2.24, 2.45) is 0 Å². The Bertz CT molecular complexity index is 1050. The molecule has 1 N–H and O–H groups in total. The standard InChI is InChI=1S/C19H16N6O2/c1-11-18-14(13-5-3-12(10-20)4-6-13)9-16(26)21-19(18)25(24-11)15-7-8-17(27-2)23-22-15/h3-8,14H,9H2,1-2H3,(H,21,26). The number of carbonyl (C=O) groups is 1. The molecule has 1 aliphatic heterocycles. The lowest BCUT2D eigenvalue weighted by atomic mass is 9.85. The molecule has 1 atom stereocenters.